The van der Waals surface area contributed by atoms with E-state index in [1.165, 1.54) is 4.88 Å². The Morgan fingerprint density at radius 1 is 1.58 bits per heavy atom. The van der Waals surface area contributed by atoms with Crippen molar-refractivity contribution in [1.29, 1.82) is 0 Å². The van der Waals surface area contributed by atoms with Gasteiger partial charge in [0, 0.05) is 10.8 Å². The first-order valence-corrected chi connectivity index (χ1v) is 4.91. The fourth-order valence-corrected chi connectivity index (χ4v) is 1.71. The molecule has 0 aliphatic rings. The number of aliphatic hydroxyl groups excluding tert-OH is 1. The Labute approximate surface area is 76.8 Å². The summed E-state index contributed by atoms with van der Waals surface area (Å²) in [6.45, 7) is 4.30. The molecule has 0 bridgehead atoms. The lowest BCUT2D eigenvalue weighted by Crippen LogP contribution is -2.11. The molecule has 1 heterocycles. The van der Waals surface area contributed by atoms with Crippen LogP contribution in [0.15, 0.2) is 17.5 Å². The molecule has 1 aromatic heterocycles. The molecule has 0 saturated carbocycles. The van der Waals surface area contributed by atoms with E-state index in [4.69, 9.17) is 9.84 Å². The van der Waals surface area contributed by atoms with E-state index in [1.807, 2.05) is 11.4 Å². The molecule has 0 aliphatic carbocycles. The topological polar surface area (TPSA) is 29.5 Å². The van der Waals surface area contributed by atoms with Gasteiger partial charge in [-0.2, -0.15) is 0 Å². The van der Waals surface area contributed by atoms with Crippen LogP contribution >= 0.6 is 11.3 Å². The van der Waals surface area contributed by atoms with E-state index in [2.05, 4.69) is 13.0 Å². The van der Waals surface area contributed by atoms with E-state index >= 15 is 0 Å². The summed E-state index contributed by atoms with van der Waals surface area (Å²) in [5.74, 6) is 0.375. The average Bonchev–Trinajstić information content (AvgIpc) is 2.51. The van der Waals surface area contributed by atoms with Gasteiger partial charge in [0.05, 0.1) is 6.61 Å². The van der Waals surface area contributed by atoms with Crippen LogP contribution in [0, 0.1) is 0 Å². The molecule has 0 aromatic carbocycles. The number of thiophene rings is 1. The van der Waals surface area contributed by atoms with Crippen LogP contribution in [0.5, 0.6) is 0 Å². The van der Waals surface area contributed by atoms with Crippen molar-refractivity contribution in [2.45, 2.75) is 26.1 Å². The zero-order chi connectivity index (χ0) is 8.97. The van der Waals surface area contributed by atoms with Crippen LogP contribution in [-0.2, 0) is 4.74 Å². The predicted octanol–water partition coefficient (Wildman–Crippen LogP) is 2.21. The van der Waals surface area contributed by atoms with Crippen molar-refractivity contribution < 1.29 is 9.84 Å². The van der Waals surface area contributed by atoms with Crippen LogP contribution in [0.1, 0.15) is 24.6 Å². The maximum Gasteiger partial charge on any atom is 0.151 e. The molecular weight excluding hydrogens is 172 g/mol. The van der Waals surface area contributed by atoms with Gasteiger partial charge in [0.2, 0.25) is 0 Å². The zero-order valence-electron chi connectivity index (χ0n) is 7.36. The van der Waals surface area contributed by atoms with Crippen molar-refractivity contribution >= 4 is 11.3 Å². The van der Waals surface area contributed by atoms with E-state index in [1.54, 1.807) is 18.3 Å². The van der Waals surface area contributed by atoms with Gasteiger partial charge in [-0.15, -0.1) is 11.3 Å². The van der Waals surface area contributed by atoms with Crippen LogP contribution in [0.4, 0.5) is 0 Å². The van der Waals surface area contributed by atoms with Crippen molar-refractivity contribution in [1.82, 2.24) is 0 Å². The van der Waals surface area contributed by atoms with E-state index in [0.717, 1.165) is 0 Å². The highest BCUT2D eigenvalue weighted by molar-refractivity contribution is 7.10. The van der Waals surface area contributed by atoms with Crippen molar-refractivity contribution in [3.63, 3.8) is 0 Å². The molecule has 0 saturated heterocycles. The zero-order valence-corrected chi connectivity index (χ0v) is 8.17. The van der Waals surface area contributed by atoms with Gasteiger partial charge in [-0.05, 0) is 18.4 Å². The average molecular weight is 186 g/mol. The Kier molecular flexibility index (Phi) is 3.72. The third-order valence-corrected chi connectivity index (χ3v) is 2.72. The lowest BCUT2D eigenvalue weighted by atomic mass is 10.1. The first kappa shape index (κ1) is 9.71. The van der Waals surface area contributed by atoms with Gasteiger partial charge in [0.1, 0.15) is 0 Å². The molecule has 1 aromatic rings. The third-order valence-electron chi connectivity index (χ3n) is 1.62. The normalized spacial score (nSPS) is 15.9. The van der Waals surface area contributed by atoms with Gasteiger partial charge in [-0.1, -0.05) is 13.0 Å². The van der Waals surface area contributed by atoms with Crippen molar-refractivity contribution in [2.24, 2.45) is 0 Å². The number of aliphatic hydroxyl groups is 1. The van der Waals surface area contributed by atoms with Crippen LogP contribution in [-0.4, -0.2) is 18.0 Å². The summed E-state index contributed by atoms with van der Waals surface area (Å²) in [7, 11) is 0. The number of ether oxygens (including phenoxy) is 1. The molecule has 0 spiro atoms. The second-order valence-corrected chi connectivity index (χ2v) is 3.83. The van der Waals surface area contributed by atoms with E-state index in [0.29, 0.717) is 12.5 Å². The molecular formula is C9H14O2S. The van der Waals surface area contributed by atoms with Gasteiger partial charge in [0.25, 0.3) is 0 Å². The van der Waals surface area contributed by atoms with E-state index < -0.39 is 6.29 Å². The molecule has 0 fully saturated rings. The number of hydrogen-bond donors (Lipinski definition) is 1. The minimum absolute atomic E-state index is 0.375. The Balaban J connectivity index is 2.34. The highest BCUT2D eigenvalue weighted by Gasteiger charge is 2.07. The third kappa shape index (κ3) is 2.93. The largest absolute Gasteiger partial charge is 0.368 e. The molecule has 3 heteroatoms. The quantitative estimate of drug-likeness (QED) is 0.730. The number of hydrogen-bond acceptors (Lipinski definition) is 3. The summed E-state index contributed by atoms with van der Waals surface area (Å²) in [4.78, 5) is 1.30. The lowest BCUT2D eigenvalue weighted by molar-refractivity contribution is -0.0883. The van der Waals surface area contributed by atoms with Crippen LogP contribution in [0.25, 0.3) is 0 Å². The molecule has 0 radical (unpaired) electrons. The van der Waals surface area contributed by atoms with Gasteiger partial charge >= 0.3 is 0 Å². The van der Waals surface area contributed by atoms with Gasteiger partial charge in [0.15, 0.2) is 6.29 Å². The summed E-state index contributed by atoms with van der Waals surface area (Å²) in [6, 6.07) is 4.11. The van der Waals surface area contributed by atoms with Crippen molar-refractivity contribution in [2.75, 3.05) is 6.61 Å². The Morgan fingerprint density at radius 3 is 2.83 bits per heavy atom. The summed E-state index contributed by atoms with van der Waals surface area (Å²) in [6.07, 6.45) is -0.660. The summed E-state index contributed by atoms with van der Waals surface area (Å²) in [5, 5.41) is 10.9. The van der Waals surface area contributed by atoms with Gasteiger partial charge < -0.3 is 9.84 Å². The van der Waals surface area contributed by atoms with E-state index in [9.17, 15) is 0 Å². The smallest absolute Gasteiger partial charge is 0.151 e. The molecule has 2 atom stereocenters. The SMILES string of the molecule is CC(O)OCC(C)c1cccs1. The molecule has 0 amide bonds. The van der Waals surface area contributed by atoms with Crippen LogP contribution in [0.2, 0.25) is 0 Å². The van der Waals surface area contributed by atoms with Gasteiger partial charge in [-0.3, -0.25) is 0 Å². The maximum atomic E-state index is 8.88. The molecule has 68 valence electrons. The molecule has 12 heavy (non-hydrogen) atoms. The summed E-state index contributed by atoms with van der Waals surface area (Å²) >= 11 is 1.72. The first-order chi connectivity index (χ1) is 5.70. The monoisotopic (exact) mass is 186 g/mol. The lowest BCUT2D eigenvalue weighted by Gasteiger charge is -2.11. The van der Waals surface area contributed by atoms with Crippen molar-refractivity contribution in [3.8, 4) is 0 Å². The molecule has 0 aliphatic heterocycles. The van der Waals surface area contributed by atoms with E-state index in [-0.39, 0.29) is 0 Å². The Hall–Kier alpha value is -0.380. The number of rotatable bonds is 4. The fraction of sp³-hybridized carbons (Fsp3) is 0.556. The first-order valence-electron chi connectivity index (χ1n) is 4.03. The standard InChI is InChI=1S/C9H14O2S/c1-7(6-11-8(2)10)9-4-3-5-12-9/h3-5,7-8,10H,6H2,1-2H3. The molecule has 1 rings (SSSR count). The molecule has 1 N–H and O–H groups in total. The summed E-state index contributed by atoms with van der Waals surface area (Å²) in [5.41, 5.74) is 0. The highest BCUT2D eigenvalue weighted by Crippen LogP contribution is 2.20. The molecule has 2 unspecified atom stereocenters. The van der Waals surface area contributed by atoms with Crippen LogP contribution in [0.3, 0.4) is 0 Å². The minimum atomic E-state index is -0.660. The fourth-order valence-electron chi connectivity index (χ4n) is 0.937. The van der Waals surface area contributed by atoms with Crippen LogP contribution < -0.4 is 0 Å². The predicted molar refractivity (Wildman–Crippen MR) is 50.4 cm³/mol. The Morgan fingerprint density at radius 2 is 2.33 bits per heavy atom. The minimum Gasteiger partial charge on any atom is -0.368 e. The second-order valence-electron chi connectivity index (χ2n) is 2.85. The Bertz CT molecular complexity index is 206. The maximum absolute atomic E-state index is 8.88. The molecule has 2 nitrogen and oxygen atoms in total. The van der Waals surface area contributed by atoms with Gasteiger partial charge in [-0.25, -0.2) is 0 Å². The highest BCUT2D eigenvalue weighted by atomic mass is 32.1. The summed E-state index contributed by atoms with van der Waals surface area (Å²) < 4.78 is 5.09. The van der Waals surface area contributed by atoms with Crippen molar-refractivity contribution in [3.05, 3.63) is 22.4 Å². The second kappa shape index (κ2) is 4.60.